The van der Waals surface area contributed by atoms with Crippen molar-refractivity contribution in [1.29, 1.82) is 0 Å². The van der Waals surface area contributed by atoms with Crippen LogP contribution in [-0.2, 0) is 10.0 Å². The molecular formula is C11H7ClN4O2S2. The van der Waals surface area contributed by atoms with Gasteiger partial charge in [-0.1, -0.05) is 22.9 Å². The summed E-state index contributed by atoms with van der Waals surface area (Å²) >= 11 is 6.90. The number of hydrogen-bond donors (Lipinski definition) is 1. The molecule has 0 unspecified atom stereocenters. The number of nitrogens with one attached hydrogen (secondary N) is 1. The SMILES string of the molecule is O=S(=O)(Nc1nncs1)c1ccc2nc(Cl)ccc2c1. The third-order valence-corrected chi connectivity index (χ3v) is 4.80. The van der Waals surface area contributed by atoms with Gasteiger partial charge in [-0.05, 0) is 30.3 Å². The molecule has 0 aliphatic heterocycles. The Labute approximate surface area is 123 Å². The lowest BCUT2D eigenvalue weighted by atomic mass is 10.2. The minimum Gasteiger partial charge on any atom is -0.253 e. The first kappa shape index (κ1) is 13.2. The van der Waals surface area contributed by atoms with E-state index in [0.717, 1.165) is 11.3 Å². The number of halogens is 1. The highest BCUT2D eigenvalue weighted by Crippen LogP contribution is 2.22. The van der Waals surface area contributed by atoms with E-state index in [4.69, 9.17) is 11.6 Å². The molecule has 102 valence electrons. The topological polar surface area (TPSA) is 84.8 Å². The van der Waals surface area contributed by atoms with Crippen LogP contribution in [0.3, 0.4) is 0 Å². The average molecular weight is 327 g/mol. The molecule has 0 atom stereocenters. The monoisotopic (exact) mass is 326 g/mol. The van der Waals surface area contributed by atoms with E-state index in [9.17, 15) is 8.42 Å². The third kappa shape index (κ3) is 2.58. The lowest BCUT2D eigenvalue weighted by molar-refractivity contribution is 0.601. The Kier molecular flexibility index (Phi) is 3.28. The predicted octanol–water partition coefficient (Wildman–Crippen LogP) is 2.54. The highest BCUT2D eigenvalue weighted by atomic mass is 35.5. The Morgan fingerprint density at radius 2 is 2.05 bits per heavy atom. The van der Waals surface area contributed by atoms with E-state index in [2.05, 4.69) is 19.9 Å². The van der Waals surface area contributed by atoms with Gasteiger partial charge in [0.05, 0.1) is 10.4 Å². The van der Waals surface area contributed by atoms with Crippen LogP contribution in [0, 0.1) is 0 Å². The molecule has 0 saturated carbocycles. The molecule has 1 N–H and O–H groups in total. The fourth-order valence-corrected chi connectivity index (χ4v) is 3.52. The van der Waals surface area contributed by atoms with Crippen LogP contribution in [0.25, 0.3) is 10.9 Å². The van der Waals surface area contributed by atoms with Gasteiger partial charge in [-0.25, -0.2) is 13.4 Å². The minimum atomic E-state index is -3.69. The van der Waals surface area contributed by atoms with Gasteiger partial charge in [-0.15, -0.1) is 10.2 Å². The summed E-state index contributed by atoms with van der Waals surface area (Å²) in [6, 6.07) is 7.93. The van der Waals surface area contributed by atoms with Gasteiger partial charge >= 0.3 is 0 Å². The number of pyridine rings is 1. The zero-order valence-corrected chi connectivity index (χ0v) is 12.2. The predicted molar refractivity (Wildman–Crippen MR) is 77.5 cm³/mol. The Bertz CT molecular complexity index is 865. The molecular weight excluding hydrogens is 320 g/mol. The highest BCUT2D eigenvalue weighted by Gasteiger charge is 2.16. The first-order valence-corrected chi connectivity index (χ1v) is 8.14. The fourth-order valence-electron chi connectivity index (χ4n) is 1.64. The smallest absolute Gasteiger partial charge is 0.253 e. The van der Waals surface area contributed by atoms with Crippen LogP contribution < -0.4 is 4.72 Å². The van der Waals surface area contributed by atoms with Crippen molar-refractivity contribution in [1.82, 2.24) is 15.2 Å². The van der Waals surface area contributed by atoms with E-state index < -0.39 is 10.0 Å². The minimum absolute atomic E-state index is 0.129. The second-order valence-electron chi connectivity index (χ2n) is 3.84. The summed E-state index contributed by atoms with van der Waals surface area (Å²) in [7, 11) is -3.69. The molecule has 0 amide bonds. The summed E-state index contributed by atoms with van der Waals surface area (Å²) < 4.78 is 26.7. The highest BCUT2D eigenvalue weighted by molar-refractivity contribution is 7.93. The van der Waals surface area contributed by atoms with E-state index >= 15 is 0 Å². The number of sulfonamides is 1. The Hall–Kier alpha value is -1.77. The van der Waals surface area contributed by atoms with E-state index in [1.165, 1.54) is 17.6 Å². The molecule has 3 aromatic rings. The van der Waals surface area contributed by atoms with Crippen molar-refractivity contribution in [3.05, 3.63) is 41.0 Å². The summed E-state index contributed by atoms with van der Waals surface area (Å²) in [6.45, 7) is 0. The van der Waals surface area contributed by atoms with Crippen LogP contribution >= 0.6 is 22.9 Å². The van der Waals surface area contributed by atoms with Gasteiger partial charge in [0.15, 0.2) is 0 Å². The first-order chi connectivity index (χ1) is 9.54. The van der Waals surface area contributed by atoms with Gasteiger partial charge in [-0.2, -0.15) is 0 Å². The summed E-state index contributed by atoms with van der Waals surface area (Å²) in [5, 5.41) is 8.50. The second kappa shape index (κ2) is 4.97. The lowest BCUT2D eigenvalue weighted by Gasteiger charge is -2.06. The molecule has 0 bridgehead atoms. The molecule has 2 heterocycles. The normalized spacial score (nSPS) is 11.7. The van der Waals surface area contributed by atoms with Crippen LogP contribution in [0.4, 0.5) is 5.13 Å². The van der Waals surface area contributed by atoms with Crippen LogP contribution in [0.5, 0.6) is 0 Å². The quantitative estimate of drug-likeness (QED) is 0.748. The van der Waals surface area contributed by atoms with Crippen molar-refractivity contribution in [2.45, 2.75) is 4.90 Å². The van der Waals surface area contributed by atoms with Crippen molar-refractivity contribution in [2.24, 2.45) is 0 Å². The van der Waals surface area contributed by atoms with E-state index in [1.807, 2.05) is 0 Å². The maximum atomic E-state index is 12.2. The largest absolute Gasteiger partial charge is 0.263 e. The van der Waals surface area contributed by atoms with Crippen molar-refractivity contribution in [2.75, 3.05) is 4.72 Å². The number of hydrogen-bond acceptors (Lipinski definition) is 6. The number of nitrogens with zero attached hydrogens (tertiary/aromatic N) is 3. The molecule has 0 spiro atoms. The van der Waals surface area contributed by atoms with Crippen molar-refractivity contribution in [3.63, 3.8) is 0 Å². The van der Waals surface area contributed by atoms with Crippen molar-refractivity contribution < 1.29 is 8.42 Å². The molecule has 3 rings (SSSR count). The van der Waals surface area contributed by atoms with Gasteiger partial charge in [0.2, 0.25) is 5.13 Å². The second-order valence-corrected chi connectivity index (χ2v) is 6.74. The Balaban J connectivity index is 2.03. The van der Waals surface area contributed by atoms with E-state index in [0.29, 0.717) is 16.1 Å². The number of benzene rings is 1. The van der Waals surface area contributed by atoms with Gasteiger partial charge in [0, 0.05) is 5.39 Å². The summed E-state index contributed by atoms with van der Waals surface area (Å²) in [5.74, 6) is 0. The number of fused-ring (bicyclic) bond motifs is 1. The number of anilines is 1. The first-order valence-electron chi connectivity index (χ1n) is 5.40. The Morgan fingerprint density at radius 1 is 1.20 bits per heavy atom. The van der Waals surface area contributed by atoms with Crippen LogP contribution in [0.15, 0.2) is 40.7 Å². The summed E-state index contributed by atoms with van der Waals surface area (Å²) in [5.41, 5.74) is 2.08. The molecule has 20 heavy (non-hydrogen) atoms. The molecule has 0 saturated heterocycles. The maximum absolute atomic E-state index is 12.2. The Morgan fingerprint density at radius 3 is 2.80 bits per heavy atom. The molecule has 0 aliphatic rings. The maximum Gasteiger partial charge on any atom is 0.263 e. The number of rotatable bonds is 3. The molecule has 9 heteroatoms. The molecule has 6 nitrogen and oxygen atoms in total. The lowest BCUT2D eigenvalue weighted by Crippen LogP contribution is -2.12. The zero-order valence-electron chi connectivity index (χ0n) is 9.82. The fraction of sp³-hybridized carbons (Fsp3) is 0. The molecule has 1 aromatic carbocycles. The van der Waals surface area contributed by atoms with Crippen LogP contribution in [-0.4, -0.2) is 23.6 Å². The number of aromatic nitrogens is 3. The van der Waals surface area contributed by atoms with E-state index in [-0.39, 0.29) is 10.0 Å². The zero-order chi connectivity index (χ0) is 14.2. The molecule has 0 fully saturated rings. The van der Waals surface area contributed by atoms with Gasteiger partial charge in [0.1, 0.15) is 10.7 Å². The van der Waals surface area contributed by atoms with Gasteiger partial charge in [0.25, 0.3) is 10.0 Å². The molecule has 2 aromatic heterocycles. The molecule has 0 aliphatic carbocycles. The summed E-state index contributed by atoms with van der Waals surface area (Å²) in [4.78, 5) is 4.23. The van der Waals surface area contributed by atoms with Crippen molar-refractivity contribution in [3.8, 4) is 0 Å². The van der Waals surface area contributed by atoms with Gasteiger partial charge in [-0.3, -0.25) is 4.72 Å². The van der Waals surface area contributed by atoms with Crippen molar-refractivity contribution >= 4 is 49.0 Å². The van der Waals surface area contributed by atoms with Gasteiger partial charge < -0.3 is 0 Å². The van der Waals surface area contributed by atoms with Crippen LogP contribution in [0.1, 0.15) is 0 Å². The standard InChI is InChI=1S/C11H7ClN4O2S2/c12-10-4-1-7-5-8(2-3-9(7)14-10)20(17,18)16-11-15-13-6-19-11/h1-6H,(H,15,16). The average Bonchev–Trinajstić information content (AvgIpc) is 2.90. The van der Waals surface area contributed by atoms with E-state index in [1.54, 1.807) is 18.2 Å². The van der Waals surface area contributed by atoms with Crippen LogP contribution in [0.2, 0.25) is 5.15 Å². The summed E-state index contributed by atoms with van der Waals surface area (Å²) in [6.07, 6.45) is 0. The third-order valence-electron chi connectivity index (χ3n) is 2.52. The molecule has 0 radical (unpaired) electrons.